The zero-order valence-electron chi connectivity index (χ0n) is 17.2. The molecule has 0 bridgehead atoms. The number of hydrogen-bond donors (Lipinski definition) is 1. The van der Waals surface area contributed by atoms with Crippen LogP contribution in [0, 0.1) is 0 Å². The summed E-state index contributed by atoms with van der Waals surface area (Å²) in [7, 11) is 0. The number of nitrogens with zero attached hydrogens (tertiary/aromatic N) is 3. The molecule has 0 radical (unpaired) electrons. The first-order chi connectivity index (χ1) is 13.7. The Morgan fingerprint density at radius 3 is 2.55 bits per heavy atom. The number of phenolic OH excluding ortho intramolecular Hbond substituents is 1. The fourth-order valence-electron chi connectivity index (χ4n) is 2.94. The average Bonchev–Trinajstić information content (AvgIpc) is 3.09. The van der Waals surface area contributed by atoms with Crippen molar-refractivity contribution in [1.82, 2.24) is 14.6 Å². The summed E-state index contributed by atoms with van der Waals surface area (Å²) in [6, 6.07) is 4.90. The van der Waals surface area contributed by atoms with Crippen molar-refractivity contribution in [2.75, 3.05) is 0 Å². The van der Waals surface area contributed by atoms with Crippen molar-refractivity contribution in [3.8, 4) is 5.75 Å². The maximum Gasteiger partial charge on any atom is 0.342 e. The van der Waals surface area contributed by atoms with Gasteiger partial charge in [0, 0.05) is 6.07 Å². The Labute approximate surface area is 173 Å². The van der Waals surface area contributed by atoms with Gasteiger partial charge in [-0.1, -0.05) is 52.0 Å². The van der Waals surface area contributed by atoms with Crippen LogP contribution in [0.3, 0.4) is 0 Å². The quantitative estimate of drug-likeness (QED) is 0.611. The summed E-state index contributed by atoms with van der Waals surface area (Å²) >= 11 is 1.33. The maximum atomic E-state index is 12.7. The van der Waals surface area contributed by atoms with Gasteiger partial charge in [-0.3, -0.25) is 4.79 Å². The summed E-state index contributed by atoms with van der Waals surface area (Å²) < 4.78 is 6.63. The predicted molar refractivity (Wildman–Crippen MR) is 112 cm³/mol. The topological polar surface area (TPSA) is 93.8 Å². The van der Waals surface area contributed by atoms with Crippen molar-refractivity contribution in [1.29, 1.82) is 0 Å². The summed E-state index contributed by atoms with van der Waals surface area (Å²) in [5.41, 5.74) is 1.82. The van der Waals surface area contributed by atoms with E-state index in [9.17, 15) is 14.7 Å². The first-order valence-electron chi connectivity index (χ1n) is 9.63. The van der Waals surface area contributed by atoms with Gasteiger partial charge in [-0.15, -0.1) is 0 Å². The van der Waals surface area contributed by atoms with E-state index in [1.165, 1.54) is 21.9 Å². The van der Waals surface area contributed by atoms with E-state index >= 15 is 0 Å². The van der Waals surface area contributed by atoms with Gasteiger partial charge in [0.15, 0.2) is 0 Å². The minimum atomic E-state index is -0.646. The molecule has 3 rings (SSSR count). The van der Waals surface area contributed by atoms with E-state index in [4.69, 9.17) is 4.74 Å². The molecule has 0 fully saturated rings. The van der Waals surface area contributed by atoms with Gasteiger partial charge in [-0.2, -0.15) is 9.61 Å². The minimum Gasteiger partial charge on any atom is -0.507 e. The summed E-state index contributed by atoms with van der Waals surface area (Å²) in [6.07, 6.45) is 0.710. The highest BCUT2D eigenvalue weighted by Crippen LogP contribution is 2.33. The SMILES string of the molecule is CCc1nn2c(=O)cc(COC(=O)c3cc(C(C)C)cc(C(C)C)c3O)nc2s1. The smallest absolute Gasteiger partial charge is 0.342 e. The minimum absolute atomic E-state index is 0.0588. The van der Waals surface area contributed by atoms with Crippen molar-refractivity contribution in [3.63, 3.8) is 0 Å². The number of aromatic nitrogens is 3. The molecule has 0 spiro atoms. The molecule has 0 aliphatic carbocycles. The molecule has 0 atom stereocenters. The Hall–Kier alpha value is -2.74. The number of esters is 1. The Morgan fingerprint density at radius 2 is 1.93 bits per heavy atom. The largest absolute Gasteiger partial charge is 0.507 e. The monoisotopic (exact) mass is 415 g/mol. The highest BCUT2D eigenvalue weighted by molar-refractivity contribution is 7.16. The van der Waals surface area contributed by atoms with Crippen molar-refractivity contribution in [3.05, 3.63) is 55.9 Å². The summed E-state index contributed by atoms with van der Waals surface area (Å²) in [6.45, 7) is 9.76. The molecule has 154 valence electrons. The number of fused-ring (bicyclic) bond motifs is 1. The number of aromatic hydroxyl groups is 1. The molecule has 3 aromatic rings. The van der Waals surface area contributed by atoms with E-state index in [0.29, 0.717) is 22.6 Å². The van der Waals surface area contributed by atoms with Crippen LogP contribution in [0.1, 0.15) is 78.6 Å². The molecule has 0 saturated carbocycles. The normalized spacial score (nSPS) is 11.6. The molecule has 1 aromatic carbocycles. The van der Waals surface area contributed by atoms with Crippen molar-refractivity contribution in [2.24, 2.45) is 0 Å². The van der Waals surface area contributed by atoms with Crippen LogP contribution in [0.5, 0.6) is 5.75 Å². The van der Waals surface area contributed by atoms with Crippen LogP contribution >= 0.6 is 11.3 Å². The zero-order valence-corrected chi connectivity index (χ0v) is 18.0. The van der Waals surface area contributed by atoms with Gasteiger partial charge in [0.25, 0.3) is 5.56 Å². The number of benzene rings is 1. The summed E-state index contributed by atoms with van der Waals surface area (Å²) in [4.78, 5) is 29.7. The molecule has 0 amide bonds. The second-order valence-corrected chi connectivity index (χ2v) is 8.56. The van der Waals surface area contributed by atoms with Gasteiger partial charge in [-0.25, -0.2) is 9.78 Å². The van der Waals surface area contributed by atoms with Crippen molar-refractivity contribution < 1.29 is 14.6 Å². The zero-order chi connectivity index (χ0) is 21.3. The molecule has 0 saturated heterocycles. The van der Waals surface area contributed by atoms with Gasteiger partial charge < -0.3 is 9.84 Å². The van der Waals surface area contributed by atoms with Crippen LogP contribution in [0.2, 0.25) is 0 Å². The van der Waals surface area contributed by atoms with E-state index in [1.54, 1.807) is 6.07 Å². The molecular formula is C21H25N3O4S. The maximum absolute atomic E-state index is 12.7. The van der Waals surface area contributed by atoms with E-state index in [1.807, 2.05) is 40.7 Å². The molecule has 8 heteroatoms. The fourth-order valence-corrected chi connectivity index (χ4v) is 3.80. The highest BCUT2D eigenvalue weighted by Gasteiger charge is 2.21. The van der Waals surface area contributed by atoms with Crippen LogP contribution < -0.4 is 5.56 Å². The van der Waals surface area contributed by atoms with E-state index in [2.05, 4.69) is 10.1 Å². The Bertz CT molecular complexity index is 1120. The standard InChI is InChI=1S/C21H25N3O4S/c1-6-17-23-24-18(25)9-14(22-21(24)29-17)10-28-20(27)16-8-13(11(2)3)7-15(12(4)5)19(16)26/h7-9,11-12,26H,6,10H2,1-5H3. The lowest BCUT2D eigenvalue weighted by molar-refractivity contribution is 0.0464. The predicted octanol–water partition coefficient (Wildman–Crippen LogP) is 4.02. The Morgan fingerprint density at radius 1 is 1.21 bits per heavy atom. The lowest BCUT2D eigenvalue weighted by atomic mass is 9.92. The third-order valence-corrected chi connectivity index (χ3v) is 5.72. The molecule has 7 nitrogen and oxygen atoms in total. The van der Waals surface area contributed by atoms with Crippen molar-refractivity contribution in [2.45, 2.75) is 59.5 Å². The van der Waals surface area contributed by atoms with Gasteiger partial charge in [-0.05, 0) is 35.4 Å². The molecule has 2 heterocycles. The fraction of sp³-hybridized carbons (Fsp3) is 0.429. The first kappa shape index (κ1) is 21.0. The molecule has 1 N–H and O–H groups in total. The average molecular weight is 416 g/mol. The molecular weight excluding hydrogens is 390 g/mol. The summed E-state index contributed by atoms with van der Waals surface area (Å²) in [5.74, 6) is -0.452. The van der Waals surface area contributed by atoms with E-state index in [-0.39, 0.29) is 35.3 Å². The lowest BCUT2D eigenvalue weighted by Crippen LogP contribution is -2.17. The van der Waals surface area contributed by atoms with E-state index < -0.39 is 5.97 Å². The van der Waals surface area contributed by atoms with Crippen LogP contribution in [0.25, 0.3) is 4.96 Å². The van der Waals surface area contributed by atoms with Crippen LogP contribution in [0.4, 0.5) is 0 Å². The van der Waals surface area contributed by atoms with Crippen LogP contribution in [0.15, 0.2) is 23.0 Å². The number of rotatable bonds is 6. The number of carbonyl (C=O) groups excluding carboxylic acids is 1. The van der Waals surface area contributed by atoms with Crippen LogP contribution in [-0.2, 0) is 17.8 Å². The summed E-state index contributed by atoms with van der Waals surface area (Å²) in [5, 5.41) is 15.6. The third kappa shape index (κ3) is 4.32. The highest BCUT2D eigenvalue weighted by atomic mass is 32.1. The Kier molecular flexibility index (Phi) is 6.02. The molecule has 0 unspecified atom stereocenters. The Balaban J connectivity index is 1.87. The second kappa shape index (κ2) is 8.32. The number of ether oxygens (including phenoxy) is 1. The van der Waals surface area contributed by atoms with Gasteiger partial charge >= 0.3 is 5.97 Å². The van der Waals surface area contributed by atoms with Gasteiger partial charge in [0.2, 0.25) is 4.96 Å². The number of carbonyl (C=O) groups is 1. The van der Waals surface area contributed by atoms with E-state index in [0.717, 1.165) is 10.6 Å². The van der Waals surface area contributed by atoms with Crippen molar-refractivity contribution >= 4 is 22.3 Å². The van der Waals surface area contributed by atoms with Gasteiger partial charge in [0.05, 0.1) is 5.69 Å². The van der Waals surface area contributed by atoms with Crippen LogP contribution in [-0.4, -0.2) is 25.7 Å². The number of phenols is 1. The molecule has 29 heavy (non-hydrogen) atoms. The molecule has 2 aromatic heterocycles. The third-order valence-electron chi connectivity index (χ3n) is 4.66. The second-order valence-electron chi connectivity index (χ2n) is 7.52. The lowest BCUT2D eigenvalue weighted by Gasteiger charge is -2.16. The molecule has 0 aliphatic heterocycles. The number of hydrogen-bond acceptors (Lipinski definition) is 7. The first-order valence-corrected chi connectivity index (χ1v) is 10.5. The molecule has 0 aliphatic rings. The number of aryl methyl sites for hydroxylation is 1. The van der Waals surface area contributed by atoms with Gasteiger partial charge in [0.1, 0.15) is 22.9 Å².